The molecule has 5 rings (SSSR count). The van der Waals surface area contributed by atoms with Crippen molar-refractivity contribution < 1.29 is 0 Å². The molecule has 0 N–H and O–H groups in total. The topological polar surface area (TPSA) is 58.7 Å². The van der Waals surface area contributed by atoms with Crippen molar-refractivity contribution in [2.45, 2.75) is 54.5 Å². The minimum absolute atomic E-state index is 0.0504. The van der Waals surface area contributed by atoms with Crippen LogP contribution in [0.1, 0.15) is 36.8 Å². The Morgan fingerprint density at radius 2 is 2.08 bits per heavy atom. The molecule has 1 spiro atoms. The first-order chi connectivity index (χ1) is 11.7. The highest BCUT2D eigenvalue weighted by Gasteiger charge is 2.45. The van der Waals surface area contributed by atoms with Crippen molar-refractivity contribution in [3.63, 3.8) is 0 Å². The molecular weight excluding hydrogens is 318 g/mol. The molecule has 5 heteroatoms. The third-order valence-electron chi connectivity index (χ3n) is 5.77. The Labute approximate surface area is 144 Å². The molecule has 120 valence electrons. The zero-order valence-electron chi connectivity index (χ0n) is 13.3. The van der Waals surface area contributed by atoms with Gasteiger partial charge in [0.25, 0.3) is 5.56 Å². The molecule has 0 saturated heterocycles. The Bertz CT molecular complexity index is 950. The van der Waals surface area contributed by atoms with E-state index in [1.165, 1.54) is 30.2 Å². The van der Waals surface area contributed by atoms with Crippen molar-refractivity contribution in [3.8, 4) is 17.3 Å². The van der Waals surface area contributed by atoms with E-state index in [4.69, 9.17) is 4.98 Å². The van der Waals surface area contributed by atoms with E-state index in [9.17, 15) is 10.1 Å². The van der Waals surface area contributed by atoms with Crippen molar-refractivity contribution >= 4 is 11.8 Å². The van der Waals surface area contributed by atoms with Gasteiger partial charge in [0.1, 0.15) is 5.25 Å². The molecule has 0 bridgehead atoms. The summed E-state index contributed by atoms with van der Waals surface area (Å²) in [5.74, 6) is 0. The largest absolute Gasteiger partial charge is 0.285 e. The van der Waals surface area contributed by atoms with Crippen molar-refractivity contribution in [1.82, 2.24) is 9.55 Å². The number of aromatic nitrogens is 2. The van der Waals surface area contributed by atoms with Gasteiger partial charge in [0.15, 0.2) is 5.16 Å². The molecule has 1 fully saturated rings. The Hall–Kier alpha value is -2.06. The lowest BCUT2D eigenvalue weighted by Crippen LogP contribution is -2.39. The van der Waals surface area contributed by atoms with E-state index in [-0.39, 0.29) is 16.2 Å². The zero-order chi connectivity index (χ0) is 16.3. The fourth-order valence-electron chi connectivity index (χ4n) is 4.69. The molecule has 0 radical (unpaired) electrons. The first kappa shape index (κ1) is 14.3. The summed E-state index contributed by atoms with van der Waals surface area (Å²) in [5, 5.41) is 9.74. The van der Waals surface area contributed by atoms with Gasteiger partial charge in [0, 0.05) is 11.0 Å². The normalized spacial score (nSPS) is 22.7. The summed E-state index contributed by atoms with van der Waals surface area (Å²) >= 11 is 1.42. The fraction of sp³-hybridized carbons (Fsp3) is 0.421. The predicted molar refractivity (Wildman–Crippen MR) is 93.0 cm³/mol. The molecule has 2 heterocycles. The number of hydrogen-bond acceptors (Lipinski definition) is 4. The summed E-state index contributed by atoms with van der Waals surface area (Å²) in [5.41, 5.74) is 4.25. The Morgan fingerprint density at radius 1 is 1.29 bits per heavy atom. The second-order valence-corrected chi connectivity index (χ2v) is 8.26. The lowest BCUT2D eigenvalue weighted by atomic mass is 9.68. The van der Waals surface area contributed by atoms with Gasteiger partial charge in [-0.2, -0.15) is 5.26 Å². The highest BCUT2D eigenvalue weighted by molar-refractivity contribution is 8.00. The van der Waals surface area contributed by atoms with Crippen LogP contribution in [0.15, 0.2) is 34.2 Å². The lowest BCUT2D eigenvalue weighted by molar-refractivity contribution is 0.417. The maximum atomic E-state index is 13.3. The molecule has 3 aliphatic rings. The standard InChI is InChI=1S/C19H17N3OS/c20-10-13-11-22-17(23)15-16(21-18(22)24-13)14-6-2-1-5-12(14)9-19(15)7-3-4-8-19/h1-2,5-6,13H,3-4,7-9,11H2. The highest BCUT2D eigenvalue weighted by atomic mass is 32.2. The number of rotatable bonds is 0. The summed E-state index contributed by atoms with van der Waals surface area (Å²) in [6.07, 6.45) is 5.44. The average molecular weight is 335 g/mol. The van der Waals surface area contributed by atoms with Crippen LogP contribution in [-0.4, -0.2) is 14.8 Å². The number of nitriles is 1. The maximum Gasteiger partial charge on any atom is 0.258 e. The van der Waals surface area contributed by atoms with E-state index in [1.807, 2.05) is 6.07 Å². The summed E-state index contributed by atoms with van der Waals surface area (Å²) in [6, 6.07) is 10.6. The van der Waals surface area contributed by atoms with Crippen LogP contribution in [0.25, 0.3) is 11.3 Å². The molecule has 1 aromatic carbocycles. The van der Waals surface area contributed by atoms with Gasteiger partial charge < -0.3 is 0 Å². The zero-order valence-corrected chi connectivity index (χ0v) is 14.1. The number of nitrogens with zero attached hydrogens (tertiary/aromatic N) is 3. The molecule has 24 heavy (non-hydrogen) atoms. The van der Waals surface area contributed by atoms with Crippen molar-refractivity contribution in [2.24, 2.45) is 0 Å². The summed E-state index contributed by atoms with van der Waals surface area (Å²) in [6.45, 7) is 0.466. The fourth-order valence-corrected chi connectivity index (χ4v) is 5.65. The lowest BCUT2D eigenvalue weighted by Gasteiger charge is -2.36. The van der Waals surface area contributed by atoms with Crippen molar-refractivity contribution in [2.75, 3.05) is 0 Å². The van der Waals surface area contributed by atoms with Gasteiger partial charge in [-0.3, -0.25) is 9.36 Å². The van der Waals surface area contributed by atoms with Gasteiger partial charge in [-0.25, -0.2) is 4.98 Å². The van der Waals surface area contributed by atoms with Gasteiger partial charge in [-0.15, -0.1) is 0 Å². The Morgan fingerprint density at radius 3 is 2.88 bits per heavy atom. The van der Waals surface area contributed by atoms with Crippen LogP contribution >= 0.6 is 11.8 Å². The third-order valence-corrected chi connectivity index (χ3v) is 6.83. The Balaban J connectivity index is 1.83. The van der Waals surface area contributed by atoms with Crippen LogP contribution in [0.5, 0.6) is 0 Å². The number of benzene rings is 1. The molecule has 1 atom stereocenters. The molecule has 1 aliphatic heterocycles. The van der Waals surface area contributed by atoms with E-state index < -0.39 is 0 Å². The molecule has 2 aromatic rings. The van der Waals surface area contributed by atoms with E-state index in [0.29, 0.717) is 11.7 Å². The molecule has 1 aromatic heterocycles. The minimum atomic E-state index is -0.205. The van der Waals surface area contributed by atoms with E-state index in [0.717, 1.165) is 36.1 Å². The SMILES string of the molecule is N#CC1Cn2c(nc3c(c2=O)C2(CCCC2)Cc2ccccc2-3)S1. The van der Waals surface area contributed by atoms with Crippen LogP contribution < -0.4 is 5.56 Å². The second kappa shape index (κ2) is 4.97. The van der Waals surface area contributed by atoms with E-state index in [2.05, 4.69) is 24.3 Å². The summed E-state index contributed by atoms with van der Waals surface area (Å²) in [4.78, 5) is 18.2. The van der Waals surface area contributed by atoms with Crippen LogP contribution in [0.2, 0.25) is 0 Å². The second-order valence-electron chi connectivity index (χ2n) is 7.09. The van der Waals surface area contributed by atoms with E-state index >= 15 is 0 Å². The number of thioether (sulfide) groups is 1. The smallest absolute Gasteiger partial charge is 0.258 e. The van der Waals surface area contributed by atoms with E-state index in [1.54, 1.807) is 4.57 Å². The van der Waals surface area contributed by atoms with Crippen molar-refractivity contribution in [3.05, 3.63) is 45.7 Å². The van der Waals surface area contributed by atoms with Gasteiger partial charge in [0.2, 0.25) is 0 Å². The quantitative estimate of drug-likeness (QED) is 0.693. The molecule has 2 aliphatic carbocycles. The first-order valence-corrected chi connectivity index (χ1v) is 9.40. The average Bonchev–Trinajstić information content (AvgIpc) is 3.22. The predicted octanol–water partition coefficient (Wildman–Crippen LogP) is 3.28. The Kier molecular flexibility index (Phi) is 2.96. The first-order valence-electron chi connectivity index (χ1n) is 8.52. The maximum absolute atomic E-state index is 13.3. The molecule has 1 saturated carbocycles. The number of hydrogen-bond donors (Lipinski definition) is 0. The van der Waals surface area contributed by atoms with Crippen LogP contribution in [-0.2, 0) is 18.4 Å². The molecular formula is C19H17N3OS. The van der Waals surface area contributed by atoms with Crippen LogP contribution in [0.4, 0.5) is 0 Å². The molecule has 0 amide bonds. The van der Waals surface area contributed by atoms with Gasteiger partial charge in [0.05, 0.1) is 23.9 Å². The summed E-state index contributed by atoms with van der Waals surface area (Å²) < 4.78 is 1.74. The highest BCUT2D eigenvalue weighted by Crippen LogP contribution is 2.50. The van der Waals surface area contributed by atoms with Crippen LogP contribution in [0.3, 0.4) is 0 Å². The monoisotopic (exact) mass is 335 g/mol. The molecule has 4 nitrogen and oxygen atoms in total. The minimum Gasteiger partial charge on any atom is -0.285 e. The molecule has 1 unspecified atom stereocenters. The van der Waals surface area contributed by atoms with Gasteiger partial charge in [-0.1, -0.05) is 48.9 Å². The third kappa shape index (κ3) is 1.81. The number of fused-ring (bicyclic) bond motifs is 5. The van der Waals surface area contributed by atoms with Crippen LogP contribution in [0, 0.1) is 11.3 Å². The van der Waals surface area contributed by atoms with Gasteiger partial charge in [-0.05, 0) is 24.8 Å². The van der Waals surface area contributed by atoms with Gasteiger partial charge >= 0.3 is 0 Å². The summed E-state index contributed by atoms with van der Waals surface area (Å²) in [7, 11) is 0. The van der Waals surface area contributed by atoms with Crippen molar-refractivity contribution in [1.29, 1.82) is 5.26 Å².